The van der Waals surface area contributed by atoms with E-state index in [1.807, 2.05) is 12.3 Å². The number of nitrogens with one attached hydrogen (secondary N) is 2. The molecule has 4 rings (SSSR count). The number of urea groups is 1. The van der Waals surface area contributed by atoms with Crippen molar-refractivity contribution < 1.29 is 4.79 Å². The van der Waals surface area contributed by atoms with Gasteiger partial charge in [0.15, 0.2) is 0 Å². The number of carbonyl (C=O) groups excluding carboxylic acids is 1. The van der Waals surface area contributed by atoms with Gasteiger partial charge in [0.05, 0.1) is 5.52 Å². The van der Waals surface area contributed by atoms with Crippen molar-refractivity contribution in [2.75, 3.05) is 31.6 Å². The number of hydrogen-bond acceptors (Lipinski definition) is 5. The van der Waals surface area contributed by atoms with Crippen LogP contribution in [0.25, 0.3) is 22.0 Å². The smallest absolute Gasteiger partial charge is 0.314 e. The van der Waals surface area contributed by atoms with Crippen LogP contribution in [0.15, 0.2) is 43.0 Å². The zero-order valence-corrected chi connectivity index (χ0v) is 16.9. The summed E-state index contributed by atoms with van der Waals surface area (Å²) in [6, 6.07) is 8.21. The lowest BCUT2D eigenvalue weighted by Gasteiger charge is -2.34. The minimum Gasteiger partial charge on any atom is -0.356 e. The van der Waals surface area contributed by atoms with Gasteiger partial charge in [0, 0.05) is 50.0 Å². The van der Waals surface area contributed by atoms with Crippen molar-refractivity contribution in [1.82, 2.24) is 25.6 Å². The fourth-order valence-corrected chi connectivity index (χ4v) is 4.03. The highest BCUT2D eigenvalue weighted by Crippen LogP contribution is 2.32. The Hall–Kier alpha value is -3.22. The molecule has 0 bridgehead atoms. The summed E-state index contributed by atoms with van der Waals surface area (Å²) in [6.07, 6.45) is 7.50. The van der Waals surface area contributed by atoms with Gasteiger partial charge in [0.25, 0.3) is 0 Å². The van der Waals surface area contributed by atoms with E-state index in [1.54, 1.807) is 19.6 Å². The van der Waals surface area contributed by atoms with Crippen molar-refractivity contribution in [3.63, 3.8) is 0 Å². The predicted octanol–water partition coefficient (Wildman–Crippen LogP) is 3.15. The molecule has 7 nitrogen and oxygen atoms in total. The maximum atomic E-state index is 11.5. The SMILES string of the molecule is CNC(=O)NC[C@@H]1CCCN(c2ncnc3c(C)cc(-c4cccnc4)cc23)C1. The molecule has 2 amide bonds. The topological polar surface area (TPSA) is 83.0 Å². The minimum absolute atomic E-state index is 0.133. The summed E-state index contributed by atoms with van der Waals surface area (Å²) in [5.74, 6) is 1.36. The van der Waals surface area contributed by atoms with Gasteiger partial charge in [0.1, 0.15) is 12.1 Å². The van der Waals surface area contributed by atoms with Gasteiger partial charge >= 0.3 is 6.03 Å². The van der Waals surface area contributed by atoms with E-state index in [0.29, 0.717) is 12.5 Å². The number of benzene rings is 1. The number of nitrogens with zero attached hydrogens (tertiary/aromatic N) is 4. The third-order valence-electron chi connectivity index (χ3n) is 5.50. The molecule has 0 aliphatic carbocycles. The summed E-state index contributed by atoms with van der Waals surface area (Å²) >= 11 is 0. The first-order chi connectivity index (χ1) is 14.2. The lowest BCUT2D eigenvalue weighted by Crippen LogP contribution is -2.43. The van der Waals surface area contributed by atoms with Crippen LogP contribution in [0.4, 0.5) is 10.6 Å². The molecule has 3 aromatic rings. The second-order valence-electron chi connectivity index (χ2n) is 7.54. The van der Waals surface area contributed by atoms with Crippen molar-refractivity contribution in [3.8, 4) is 11.1 Å². The zero-order chi connectivity index (χ0) is 20.2. The molecule has 0 saturated carbocycles. The molecule has 1 atom stereocenters. The van der Waals surface area contributed by atoms with E-state index in [2.05, 4.69) is 55.6 Å². The number of aromatic nitrogens is 3. The summed E-state index contributed by atoms with van der Waals surface area (Å²) in [5, 5.41) is 6.61. The molecule has 0 radical (unpaired) electrons. The third kappa shape index (κ3) is 4.13. The molecular weight excluding hydrogens is 364 g/mol. The van der Waals surface area contributed by atoms with E-state index in [-0.39, 0.29) is 6.03 Å². The molecule has 0 spiro atoms. The number of aryl methyl sites for hydroxylation is 1. The first-order valence-corrected chi connectivity index (χ1v) is 10.0. The Kier molecular flexibility index (Phi) is 5.55. The van der Waals surface area contributed by atoms with Crippen molar-refractivity contribution in [3.05, 3.63) is 48.5 Å². The number of piperidine rings is 1. The van der Waals surface area contributed by atoms with E-state index >= 15 is 0 Å². The second-order valence-corrected chi connectivity index (χ2v) is 7.54. The van der Waals surface area contributed by atoms with Gasteiger partial charge in [0.2, 0.25) is 0 Å². The Balaban J connectivity index is 1.66. The van der Waals surface area contributed by atoms with Crippen molar-refractivity contribution in [2.45, 2.75) is 19.8 Å². The molecule has 1 saturated heterocycles. The fraction of sp³-hybridized carbons (Fsp3) is 0.364. The first-order valence-electron chi connectivity index (χ1n) is 10.0. The number of pyridine rings is 1. The lowest BCUT2D eigenvalue weighted by molar-refractivity contribution is 0.240. The zero-order valence-electron chi connectivity index (χ0n) is 16.9. The average Bonchev–Trinajstić information content (AvgIpc) is 2.78. The monoisotopic (exact) mass is 390 g/mol. The first kappa shape index (κ1) is 19.1. The highest BCUT2D eigenvalue weighted by Gasteiger charge is 2.23. The van der Waals surface area contributed by atoms with Crippen LogP contribution in [0.5, 0.6) is 0 Å². The maximum absolute atomic E-state index is 11.5. The standard InChI is InChI=1S/C22H26N6O/c1-15-9-18(17-6-3-7-24-12-17)10-19-20(15)26-14-27-21(19)28-8-4-5-16(13-28)11-25-22(29)23-2/h3,6-7,9-10,12,14,16H,4-5,8,11,13H2,1-2H3,(H2,23,25,29)/t16-/m0/s1. The highest BCUT2D eigenvalue weighted by atomic mass is 16.2. The molecule has 2 N–H and O–H groups in total. The van der Waals surface area contributed by atoms with Gasteiger partial charge in [-0.15, -0.1) is 0 Å². The van der Waals surface area contributed by atoms with Crippen molar-refractivity contribution >= 4 is 22.8 Å². The van der Waals surface area contributed by atoms with Crippen molar-refractivity contribution in [2.24, 2.45) is 5.92 Å². The molecule has 1 aromatic carbocycles. The van der Waals surface area contributed by atoms with Gasteiger partial charge in [-0.05, 0) is 55.0 Å². The summed E-state index contributed by atoms with van der Waals surface area (Å²) in [5.41, 5.74) is 4.31. The quantitative estimate of drug-likeness (QED) is 0.715. The molecule has 3 heterocycles. The number of anilines is 1. The largest absolute Gasteiger partial charge is 0.356 e. The summed E-state index contributed by atoms with van der Waals surface area (Å²) < 4.78 is 0. The maximum Gasteiger partial charge on any atom is 0.314 e. The number of carbonyl (C=O) groups is 1. The molecule has 150 valence electrons. The Labute approximate surface area is 170 Å². The summed E-state index contributed by atoms with van der Waals surface area (Å²) in [6.45, 7) is 4.58. The van der Waals surface area contributed by atoms with Crippen LogP contribution in [0, 0.1) is 12.8 Å². The lowest BCUT2D eigenvalue weighted by atomic mass is 9.97. The van der Waals surface area contributed by atoms with Gasteiger partial charge in [-0.3, -0.25) is 4.98 Å². The van der Waals surface area contributed by atoms with E-state index in [1.165, 1.54) is 0 Å². The van der Waals surface area contributed by atoms with E-state index < -0.39 is 0 Å². The van der Waals surface area contributed by atoms with Crippen LogP contribution in [0.1, 0.15) is 18.4 Å². The van der Waals surface area contributed by atoms with Gasteiger partial charge < -0.3 is 15.5 Å². The number of fused-ring (bicyclic) bond motifs is 1. The van der Waals surface area contributed by atoms with Crippen LogP contribution in [-0.2, 0) is 0 Å². The number of rotatable bonds is 4. The van der Waals surface area contributed by atoms with Crippen LogP contribution < -0.4 is 15.5 Å². The minimum atomic E-state index is -0.133. The average molecular weight is 390 g/mol. The molecule has 0 unspecified atom stereocenters. The van der Waals surface area contributed by atoms with Gasteiger partial charge in [-0.2, -0.15) is 0 Å². The molecular formula is C22H26N6O. The van der Waals surface area contributed by atoms with E-state index in [4.69, 9.17) is 0 Å². The van der Waals surface area contributed by atoms with Crippen LogP contribution in [0.2, 0.25) is 0 Å². The van der Waals surface area contributed by atoms with E-state index in [9.17, 15) is 4.79 Å². The predicted molar refractivity (Wildman–Crippen MR) is 115 cm³/mol. The molecule has 7 heteroatoms. The Morgan fingerprint density at radius 1 is 1.28 bits per heavy atom. The number of hydrogen-bond donors (Lipinski definition) is 2. The molecule has 1 fully saturated rings. The molecule has 2 aromatic heterocycles. The fourth-order valence-electron chi connectivity index (χ4n) is 4.03. The second kappa shape index (κ2) is 8.43. The van der Waals surface area contributed by atoms with Crippen LogP contribution in [-0.4, -0.2) is 47.7 Å². The van der Waals surface area contributed by atoms with E-state index in [0.717, 1.165) is 59.3 Å². The van der Waals surface area contributed by atoms with Crippen molar-refractivity contribution in [1.29, 1.82) is 0 Å². The summed E-state index contributed by atoms with van der Waals surface area (Å²) in [4.78, 5) is 27.3. The normalized spacial score (nSPS) is 16.6. The molecule has 1 aliphatic heterocycles. The Morgan fingerprint density at radius 2 is 2.17 bits per heavy atom. The Morgan fingerprint density at radius 3 is 2.97 bits per heavy atom. The highest BCUT2D eigenvalue weighted by molar-refractivity contribution is 5.95. The van der Waals surface area contributed by atoms with Gasteiger partial charge in [-0.1, -0.05) is 6.07 Å². The van der Waals surface area contributed by atoms with Crippen LogP contribution >= 0.6 is 0 Å². The van der Waals surface area contributed by atoms with Crippen LogP contribution in [0.3, 0.4) is 0 Å². The third-order valence-corrected chi connectivity index (χ3v) is 5.50. The molecule has 1 aliphatic rings. The Bertz CT molecular complexity index is 1010. The number of amides is 2. The molecule has 29 heavy (non-hydrogen) atoms. The summed E-state index contributed by atoms with van der Waals surface area (Å²) in [7, 11) is 1.64. The van der Waals surface area contributed by atoms with Gasteiger partial charge in [-0.25, -0.2) is 14.8 Å².